The fourth-order valence-corrected chi connectivity index (χ4v) is 4.14. The minimum atomic E-state index is -0.490. The molecule has 0 radical (unpaired) electrons. The van der Waals surface area contributed by atoms with E-state index in [9.17, 15) is 4.79 Å². The van der Waals surface area contributed by atoms with Gasteiger partial charge in [0.2, 0.25) is 5.91 Å². The summed E-state index contributed by atoms with van der Waals surface area (Å²) in [7, 11) is 3.23. The van der Waals surface area contributed by atoms with Gasteiger partial charge in [0.15, 0.2) is 16.7 Å². The molecule has 1 aromatic carbocycles. The largest absolute Gasteiger partial charge is 0.493 e. The van der Waals surface area contributed by atoms with Gasteiger partial charge < -0.3 is 14.8 Å². The Kier molecular flexibility index (Phi) is 6.03. The van der Waals surface area contributed by atoms with E-state index >= 15 is 0 Å². The lowest BCUT2D eigenvalue weighted by atomic mass is 9.78. The maximum absolute atomic E-state index is 13.1. The van der Waals surface area contributed by atoms with Crippen molar-refractivity contribution in [2.24, 2.45) is 0 Å². The summed E-state index contributed by atoms with van der Waals surface area (Å²) in [5.74, 6) is 2.15. The predicted octanol–water partition coefficient (Wildman–Crippen LogP) is 2.54. The molecule has 140 valence electrons. The van der Waals surface area contributed by atoms with Crippen molar-refractivity contribution in [1.29, 1.82) is 0 Å². The Bertz CT molecular complexity index is 730. The van der Waals surface area contributed by atoms with Crippen LogP contribution in [0.2, 0.25) is 0 Å². The Balaban J connectivity index is 1.69. The average Bonchev–Trinajstić information content (AvgIpc) is 3.37. The lowest BCUT2D eigenvalue weighted by molar-refractivity contribution is -0.126. The van der Waals surface area contributed by atoms with E-state index in [1.54, 1.807) is 14.2 Å². The monoisotopic (exact) mass is 376 g/mol. The van der Waals surface area contributed by atoms with Gasteiger partial charge in [0, 0.05) is 12.3 Å². The number of hydrogen-bond donors (Lipinski definition) is 2. The Morgan fingerprint density at radius 3 is 2.69 bits per heavy atom. The van der Waals surface area contributed by atoms with Crippen molar-refractivity contribution in [2.45, 2.75) is 36.3 Å². The fraction of sp³-hybridized carbons (Fsp3) is 0.500. The molecule has 0 atom stereocenters. The normalized spacial score (nSPS) is 15.6. The lowest BCUT2D eigenvalue weighted by Crippen LogP contribution is -2.43. The third-order valence-corrected chi connectivity index (χ3v) is 5.73. The molecule has 1 fully saturated rings. The highest BCUT2D eigenvalue weighted by atomic mass is 32.2. The minimum Gasteiger partial charge on any atom is -0.493 e. The van der Waals surface area contributed by atoms with E-state index in [1.807, 2.05) is 18.2 Å². The first-order chi connectivity index (χ1) is 12.7. The molecule has 8 heteroatoms. The second-order valence-corrected chi connectivity index (χ2v) is 7.34. The quantitative estimate of drug-likeness (QED) is 0.544. The zero-order valence-corrected chi connectivity index (χ0v) is 15.9. The van der Waals surface area contributed by atoms with Gasteiger partial charge in [-0.2, -0.15) is 5.10 Å². The smallest absolute Gasteiger partial charge is 0.230 e. The van der Waals surface area contributed by atoms with E-state index in [1.165, 1.54) is 18.1 Å². The van der Waals surface area contributed by atoms with Crippen LogP contribution in [0.15, 0.2) is 29.7 Å². The van der Waals surface area contributed by atoms with E-state index in [4.69, 9.17) is 9.47 Å². The van der Waals surface area contributed by atoms with E-state index in [2.05, 4.69) is 20.5 Å². The summed E-state index contributed by atoms with van der Waals surface area (Å²) in [5.41, 5.74) is 0.504. The van der Waals surface area contributed by atoms with Crippen LogP contribution < -0.4 is 14.8 Å². The van der Waals surface area contributed by atoms with Crippen molar-refractivity contribution < 1.29 is 14.3 Å². The van der Waals surface area contributed by atoms with Crippen molar-refractivity contribution in [3.63, 3.8) is 0 Å². The summed E-state index contributed by atoms with van der Waals surface area (Å²) in [6.07, 6.45) is 5.28. The third kappa shape index (κ3) is 3.80. The van der Waals surface area contributed by atoms with Gasteiger partial charge >= 0.3 is 0 Å². The summed E-state index contributed by atoms with van der Waals surface area (Å²) in [6.45, 7) is 0.583. The topological polar surface area (TPSA) is 89.1 Å². The molecule has 0 bridgehead atoms. The molecule has 1 saturated carbocycles. The Hall–Kier alpha value is -2.22. The molecule has 1 heterocycles. The van der Waals surface area contributed by atoms with E-state index in [0.29, 0.717) is 18.0 Å². The van der Waals surface area contributed by atoms with Gasteiger partial charge in [0.05, 0.1) is 19.6 Å². The second kappa shape index (κ2) is 8.44. The van der Waals surface area contributed by atoms with Gasteiger partial charge in [0.1, 0.15) is 6.33 Å². The van der Waals surface area contributed by atoms with Crippen molar-refractivity contribution in [1.82, 2.24) is 20.5 Å². The zero-order valence-electron chi connectivity index (χ0n) is 15.1. The number of methoxy groups -OCH3 is 2. The van der Waals surface area contributed by atoms with Crippen LogP contribution in [0.1, 0.15) is 31.2 Å². The minimum absolute atomic E-state index is 0.0837. The molecule has 2 aromatic rings. The number of carbonyl (C=O) groups excluding carboxylic acids is 1. The fourth-order valence-electron chi connectivity index (χ4n) is 3.50. The molecular formula is C18H24N4O3S. The maximum atomic E-state index is 13.1. The van der Waals surface area contributed by atoms with E-state index in [-0.39, 0.29) is 5.91 Å². The molecular weight excluding hydrogens is 352 g/mol. The summed E-state index contributed by atoms with van der Waals surface area (Å²) >= 11 is 1.54. The first kappa shape index (κ1) is 18.6. The highest BCUT2D eigenvalue weighted by Crippen LogP contribution is 2.43. The van der Waals surface area contributed by atoms with Gasteiger partial charge in [0.25, 0.3) is 0 Å². The van der Waals surface area contributed by atoms with Crippen LogP contribution in [0.25, 0.3) is 0 Å². The van der Waals surface area contributed by atoms with Gasteiger partial charge in [-0.25, -0.2) is 4.98 Å². The molecule has 0 saturated heterocycles. The molecule has 7 nitrogen and oxygen atoms in total. The first-order valence-electron chi connectivity index (χ1n) is 8.68. The molecule has 2 N–H and O–H groups in total. The lowest BCUT2D eigenvalue weighted by Gasteiger charge is -2.29. The standard InChI is InChI=1S/C18H24N4O3S/c1-24-14-6-5-13(11-15(14)25-2)18(7-3-4-8-18)16(23)19-9-10-26-17-20-12-21-22-17/h5-6,11-12H,3-4,7-10H2,1-2H3,(H,19,23)(H,20,21,22). The number of amides is 1. The maximum Gasteiger partial charge on any atom is 0.230 e. The van der Waals surface area contributed by atoms with Gasteiger partial charge in [-0.1, -0.05) is 30.7 Å². The Morgan fingerprint density at radius 1 is 1.27 bits per heavy atom. The number of hydrogen-bond acceptors (Lipinski definition) is 6. The average molecular weight is 376 g/mol. The number of H-pyrrole nitrogens is 1. The molecule has 0 unspecified atom stereocenters. The van der Waals surface area contributed by atoms with Crippen LogP contribution in [-0.2, 0) is 10.2 Å². The zero-order chi connectivity index (χ0) is 18.4. The second-order valence-electron chi connectivity index (χ2n) is 6.25. The van der Waals surface area contributed by atoms with Gasteiger partial charge in [-0.15, -0.1) is 0 Å². The van der Waals surface area contributed by atoms with Crippen LogP contribution in [0.3, 0.4) is 0 Å². The number of rotatable bonds is 8. The summed E-state index contributed by atoms with van der Waals surface area (Å²) in [6, 6.07) is 5.80. The number of aromatic nitrogens is 3. The van der Waals surface area contributed by atoms with Gasteiger partial charge in [-0.05, 0) is 30.5 Å². The van der Waals surface area contributed by atoms with E-state index in [0.717, 1.165) is 42.2 Å². The number of aromatic amines is 1. The number of nitrogens with zero attached hydrogens (tertiary/aromatic N) is 2. The van der Waals surface area contributed by atoms with Crippen molar-refractivity contribution in [3.8, 4) is 11.5 Å². The molecule has 3 rings (SSSR count). The van der Waals surface area contributed by atoms with Crippen LogP contribution in [0.4, 0.5) is 0 Å². The molecule has 0 spiro atoms. The van der Waals surface area contributed by atoms with Crippen LogP contribution in [0, 0.1) is 0 Å². The number of ether oxygens (including phenoxy) is 2. The van der Waals surface area contributed by atoms with Crippen molar-refractivity contribution in [3.05, 3.63) is 30.1 Å². The third-order valence-electron chi connectivity index (χ3n) is 4.85. The van der Waals surface area contributed by atoms with Crippen LogP contribution in [0.5, 0.6) is 11.5 Å². The predicted molar refractivity (Wildman–Crippen MR) is 99.8 cm³/mol. The molecule has 1 aliphatic rings. The number of carbonyl (C=O) groups is 1. The SMILES string of the molecule is COc1ccc(C2(C(=O)NCCSc3ncn[nH]3)CCCC2)cc1OC. The van der Waals surface area contributed by atoms with Gasteiger partial charge in [-0.3, -0.25) is 9.89 Å². The Labute approximate surface area is 157 Å². The Morgan fingerprint density at radius 2 is 2.04 bits per heavy atom. The molecule has 1 amide bonds. The number of nitrogens with one attached hydrogen (secondary N) is 2. The van der Waals surface area contributed by atoms with Crippen molar-refractivity contribution >= 4 is 17.7 Å². The molecule has 0 aliphatic heterocycles. The summed E-state index contributed by atoms with van der Waals surface area (Å²) in [4.78, 5) is 17.1. The van der Waals surface area contributed by atoms with Crippen LogP contribution >= 0.6 is 11.8 Å². The number of benzene rings is 1. The highest BCUT2D eigenvalue weighted by molar-refractivity contribution is 7.99. The summed E-state index contributed by atoms with van der Waals surface area (Å²) in [5, 5.41) is 10.5. The van der Waals surface area contributed by atoms with Crippen molar-refractivity contribution in [2.75, 3.05) is 26.5 Å². The highest BCUT2D eigenvalue weighted by Gasteiger charge is 2.42. The number of thioether (sulfide) groups is 1. The summed E-state index contributed by atoms with van der Waals surface area (Å²) < 4.78 is 10.7. The molecule has 1 aliphatic carbocycles. The van der Waals surface area contributed by atoms with E-state index < -0.39 is 5.41 Å². The first-order valence-corrected chi connectivity index (χ1v) is 9.67. The molecule has 1 aromatic heterocycles. The molecule has 26 heavy (non-hydrogen) atoms. The van der Waals surface area contributed by atoms with Crippen LogP contribution in [-0.4, -0.2) is 47.6 Å².